The molecule has 0 radical (unpaired) electrons. The maximum absolute atomic E-state index is 13.4. The van der Waals surface area contributed by atoms with Crippen molar-refractivity contribution in [1.29, 1.82) is 0 Å². The van der Waals surface area contributed by atoms with E-state index in [1.807, 2.05) is 48.5 Å². The van der Waals surface area contributed by atoms with Crippen LogP contribution in [0.25, 0.3) is 34.4 Å². The number of carbonyl (C=O) groups is 4. The second-order valence-electron chi connectivity index (χ2n) is 13.9. The zero-order valence-corrected chi connectivity index (χ0v) is 34.4. The van der Waals surface area contributed by atoms with E-state index in [-0.39, 0.29) is 63.4 Å². The Morgan fingerprint density at radius 2 is 0.983 bits per heavy atom. The molecule has 4 aromatic rings. The van der Waals surface area contributed by atoms with Crippen molar-refractivity contribution in [2.45, 2.75) is 23.6 Å². The van der Waals surface area contributed by atoms with E-state index in [9.17, 15) is 19.2 Å². The Balaban J connectivity index is 1.13. The first kappa shape index (κ1) is 37.6. The molecule has 4 heterocycles. The Hall–Kier alpha value is -5.63. The van der Waals surface area contributed by atoms with Crippen LogP contribution in [0.2, 0.25) is 10.0 Å². The van der Waals surface area contributed by atoms with Gasteiger partial charge in [-0.05, 0) is 70.8 Å². The Labute approximate surface area is 358 Å². The van der Waals surface area contributed by atoms with Gasteiger partial charge in [-0.2, -0.15) is 0 Å². The third-order valence-electron chi connectivity index (χ3n) is 10.4. The zero-order chi connectivity index (χ0) is 42.9. The van der Waals surface area contributed by atoms with Crippen LogP contribution >= 0.6 is 35.0 Å². The number of hydrogen-bond acceptors (Lipinski definition) is 9. The molecular formula is C44H40Cl2N4O8S. The molecule has 59 heavy (non-hydrogen) atoms. The molecule has 15 heteroatoms. The number of ether oxygens (including phenoxy) is 4. The molecule has 2 saturated heterocycles. The normalized spacial score (nSPS) is 19.1. The van der Waals surface area contributed by atoms with Gasteiger partial charge >= 0.3 is 0 Å². The van der Waals surface area contributed by atoms with Crippen LogP contribution in [0.15, 0.2) is 82.6 Å². The summed E-state index contributed by atoms with van der Waals surface area (Å²) in [6, 6.07) is 18.4. The topological polar surface area (TPSA) is 118 Å². The molecule has 4 aliphatic heterocycles. The fourth-order valence-corrected chi connectivity index (χ4v) is 8.78. The standard InChI is InChI=1S/C44H40Cl2N4O8S/c1-27(51)47-15-19-49(20-16-47)39(53)13-7-29-5-11-37(43(45)41(29)31-3-9-33-35(23-31)57-25-55-33)59-38-12-6-30(8-14-40(54)50-21-17-48(18-22-50)28(2)52)42(44(38)46)32-4-10-34-36(24-32)58-26-56-34/h3-14,23-24H,15-22,25-26H2,1-2H3/b13-7+,14-8+/i19T,21T. The van der Waals surface area contributed by atoms with E-state index in [0.717, 1.165) is 0 Å². The van der Waals surface area contributed by atoms with Gasteiger partial charge in [0.15, 0.2) is 23.0 Å². The molecule has 2 unspecified atom stereocenters. The summed E-state index contributed by atoms with van der Waals surface area (Å²) in [4.78, 5) is 57.9. The lowest BCUT2D eigenvalue weighted by atomic mass is 9.98. The third-order valence-corrected chi connectivity index (χ3v) is 12.5. The molecule has 2 fully saturated rings. The number of rotatable bonds is 8. The number of fused-ring (bicyclic) bond motifs is 2. The second kappa shape index (κ2) is 17.3. The van der Waals surface area contributed by atoms with Gasteiger partial charge in [-0.3, -0.25) is 19.2 Å². The lowest BCUT2D eigenvalue weighted by Gasteiger charge is -2.33. The molecule has 0 N–H and O–H groups in total. The van der Waals surface area contributed by atoms with E-state index in [0.29, 0.717) is 89.3 Å². The summed E-state index contributed by atoms with van der Waals surface area (Å²) in [6.07, 6.45) is 6.18. The predicted molar refractivity (Wildman–Crippen MR) is 226 cm³/mol. The van der Waals surface area contributed by atoms with Gasteiger partial charge in [0.25, 0.3) is 0 Å². The number of amides is 4. The fourth-order valence-electron chi connectivity index (χ4n) is 7.09. The number of benzene rings is 4. The van der Waals surface area contributed by atoms with E-state index in [4.69, 9.17) is 44.9 Å². The molecule has 0 bridgehead atoms. The summed E-state index contributed by atoms with van der Waals surface area (Å²) in [5, 5.41) is 0.772. The number of hydrogen-bond donors (Lipinski definition) is 0. The van der Waals surface area contributed by atoms with Crippen LogP contribution in [0.3, 0.4) is 0 Å². The molecule has 4 aliphatic rings. The van der Waals surface area contributed by atoms with Crippen molar-refractivity contribution in [2.75, 3.05) is 65.9 Å². The average molecular weight is 860 g/mol. The van der Waals surface area contributed by atoms with Gasteiger partial charge in [-0.15, -0.1) is 0 Å². The summed E-state index contributed by atoms with van der Waals surface area (Å²) in [5.74, 6) is 1.31. The van der Waals surface area contributed by atoms with Crippen LogP contribution in [0, 0.1) is 0 Å². The predicted octanol–water partition coefficient (Wildman–Crippen LogP) is 7.34. The number of carbonyl (C=O) groups excluding carboxylic acids is 4. The highest BCUT2D eigenvalue weighted by molar-refractivity contribution is 7.99. The summed E-state index contributed by atoms with van der Waals surface area (Å²) >= 11 is 16.0. The van der Waals surface area contributed by atoms with E-state index in [2.05, 4.69) is 0 Å². The highest BCUT2D eigenvalue weighted by Gasteiger charge is 2.25. The molecule has 0 spiro atoms. The number of nitrogens with zero attached hydrogens (tertiary/aromatic N) is 4. The SMILES string of the molecule is [3H]C1CN(C(C)=O)CCN1C(=O)/C=C/c1ccc(Sc2ccc(/C=C/C(=O)N3CCN(C(C)=O)CC3[3H])c(-c3ccc4c(c3)OCO4)c2Cl)c(Cl)c1-c1ccc2c(c1)OCO2. The van der Waals surface area contributed by atoms with Crippen LogP contribution in [-0.2, 0) is 19.2 Å². The lowest BCUT2D eigenvalue weighted by Crippen LogP contribution is -2.49. The zero-order valence-electron chi connectivity index (χ0n) is 34.1. The second-order valence-corrected chi connectivity index (χ2v) is 15.8. The first-order valence-electron chi connectivity index (χ1n) is 20.0. The van der Waals surface area contributed by atoms with E-state index >= 15 is 0 Å². The molecule has 304 valence electrons. The van der Waals surface area contributed by atoms with E-state index in [1.165, 1.54) is 47.6 Å². The highest BCUT2D eigenvalue weighted by Crippen LogP contribution is 2.48. The highest BCUT2D eigenvalue weighted by atomic mass is 35.5. The Morgan fingerprint density at radius 3 is 1.39 bits per heavy atom. The van der Waals surface area contributed by atoms with Crippen molar-refractivity contribution in [3.05, 3.63) is 94.0 Å². The van der Waals surface area contributed by atoms with E-state index in [1.54, 1.807) is 34.1 Å². The summed E-state index contributed by atoms with van der Waals surface area (Å²) in [7, 11) is 0. The number of piperazine rings is 2. The molecule has 4 aromatic carbocycles. The average Bonchev–Trinajstić information content (AvgIpc) is 3.92. The van der Waals surface area contributed by atoms with Crippen molar-refractivity contribution in [3.63, 3.8) is 0 Å². The van der Waals surface area contributed by atoms with Gasteiger partial charge in [0.05, 0.1) is 12.8 Å². The maximum atomic E-state index is 13.4. The van der Waals surface area contributed by atoms with Crippen molar-refractivity contribution >= 4 is 70.7 Å². The van der Waals surface area contributed by atoms with Crippen molar-refractivity contribution < 1.29 is 40.9 Å². The van der Waals surface area contributed by atoms with Gasteiger partial charge < -0.3 is 38.5 Å². The molecule has 8 rings (SSSR count). The minimum atomic E-state index is -0.898. The Bertz CT molecular complexity index is 2340. The minimum absolute atomic E-state index is 0.0846. The Morgan fingerprint density at radius 1 is 0.576 bits per heavy atom. The minimum Gasteiger partial charge on any atom is -0.454 e. The number of halogens is 2. The molecule has 4 amide bonds. The third kappa shape index (κ3) is 8.59. The quantitative estimate of drug-likeness (QED) is 0.168. The fraction of sp³-hybridized carbons (Fsp3) is 0.273. The van der Waals surface area contributed by atoms with Crippen LogP contribution in [0.5, 0.6) is 23.0 Å². The van der Waals surface area contributed by atoms with Gasteiger partial charge in [-0.25, -0.2) is 0 Å². The van der Waals surface area contributed by atoms with Gasteiger partial charge in [-0.1, -0.05) is 59.2 Å². The summed E-state index contributed by atoms with van der Waals surface area (Å²) in [5.41, 5.74) is 3.96. The smallest absolute Gasteiger partial charge is 0.246 e. The largest absolute Gasteiger partial charge is 0.454 e. The summed E-state index contributed by atoms with van der Waals surface area (Å²) in [6.45, 7) is 2.75. The lowest BCUT2D eigenvalue weighted by molar-refractivity contribution is -0.135. The molecule has 0 aromatic heterocycles. The first-order valence-corrected chi connectivity index (χ1v) is 20.4. The van der Waals surface area contributed by atoms with Crippen molar-refractivity contribution in [2.24, 2.45) is 0 Å². The maximum Gasteiger partial charge on any atom is 0.246 e. The van der Waals surface area contributed by atoms with Crippen LogP contribution in [0.4, 0.5) is 0 Å². The molecule has 0 saturated carbocycles. The molecule has 12 nitrogen and oxygen atoms in total. The van der Waals surface area contributed by atoms with Crippen LogP contribution in [-0.4, -0.2) is 109 Å². The van der Waals surface area contributed by atoms with Gasteiger partial charge in [0, 0.05) is 99.2 Å². The monoisotopic (exact) mass is 858 g/mol. The van der Waals surface area contributed by atoms with Crippen molar-refractivity contribution in [3.8, 4) is 45.3 Å². The Kier molecular flexibility index (Phi) is 11.0. The van der Waals surface area contributed by atoms with Crippen LogP contribution in [0.1, 0.15) is 27.7 Å². The molecule has 0 aliphatic carbocycles. The van der Waals surface area contributed by atoms with E-state index < -0.39 is 13.0 Å². The summed E-state index contributed by atoms with van der Waals surface area (Å²) < 4.78 is 39.5. The van der Waals surface area contributed by atoms with Gasteiger partial charge in [0.2, 0.25) is 37.2 Å². The molecular weight excluding hydrogens is 815 g/mol. The van der Waals surface area contributed by atoms with Crippen molar-refractivity contribution in [1.82, 2.24) is 19.6 Å². The first-order chi connectivity index (χ1) is 29.4. The van der Waals surface area contributed by atoms with Crippen LogP contribution < -0.4 is 18.9 Å². The van der Waals surface area contributed by atoms with Gasteiger partial charge in [0.1, 0.15) is 0 Å². The molecule has 2 atom stereocenters.